The SMILES string of the molecule is CCOc1cc(NC(=NC)NCc2ccnn2C)ccc1OC. The van der Waals surface area contributed by atoms with E-state index in [0.717, 1.165) is 11.4 Å². The van der Waals surface area contributed by atoms with Crippen LogP contribution in [0.25, 0.3) is 0 Å². The first-order chi connectivity index (χ1) is 11.2. The largest absolute Gasteiger partial charge is 0.493 e. The predicted octanol–water partition coefficient (Wildman–Crippen LogP) is 2.01. The van der Waals surface area contributed by atoms with Crippen LogP contribution in [0.1, 0.15) is 12.6 Å². The molecule has 1 aromatic carbocycles. The van der Waals surface area contributed by atoms with E-state index in [2.05, 4.69) is 20.7 Å². The van der Waals surface area contributed by atoms with Crippen molar-refractivity contribution in [3.63, 3.8) is 0 Å². The Labute approximate surface area is 136 Å². The number of hydrogen-bond donors (Lipinski definition) is 2. The van der Waals surface area contributed by atoms with Crippen molar-refractivity contribution in [1.29, 1.82) is 0 Å². The number of anilines is 1. The van der Waals surface area contributed by atoms with E-state index in [1.807, 2.05) is 42.9 Å². The lowest BCUT2D eigenvalue weighted by molar-refractivity contribution is 0.311. The van der Waals surface area contributed by atoms with Gasteiger partial charge in [-0.3, -0.25) is 9.67 Å². The van der Waals surface area contributed by atoms with Gasteiger partial charge in [-0.2, -0.15) is 5.10 Å². The summed E-state index contributed by atoms with van der Waals surface area (Å²) in [6.07, 6.45) is 1.77. The molecule has 0 radical (unpaired) electrons. The topological polar surface area (TPSA) is 72.7 Å². The maximum atomic E-state index is 5.58. The van der Waals surface area contributed by atoms with Crippen LogP contribution in [0.3, 0.4) is 0 Å². The molecule has 7 nitrogen and oxygen atoms in total. The van der Waals surface area contributed by atoms with Gasteiger partial charge in [-0.15, -0.1) is 0 Å². The molecule has 0 aliphatic heterocycles. The molecular weight excluding hydrogens is 294 g/mol. The number of guanidine groups is 1. The lowest BCUT2D eigenvalue weighted by Gasteiger charge is -2.14. The normalized spacial score (nSPS) is 11.2. The molecule has 1 aromatic heterocycles. The van der Waals surface area contributed by atoms with Crippen molar-refractivity contribution in [3.8, 4) is 11.5 Å². The van der Waals surface area contributed by atoms with Gasteiger partial charge in [0.25, 0.3) is 0 Å². The molecule has 0 saturated carbocycles. The third-order valence-electron chi connectivity index (χ3n) is 3.31. The Bertz CT molecular complexity index is 666. The Balaban J connectivity index is 2.04. The maximum absolute atomic E-state index is 5.58. The minimum absolute atomic E-state index is 0.577. The molecule has 2 N–H and O–H groups in total. The van der Waals surface area contributed by atoms with E-state index in [1.165, 1.54) is 0 Å². The van der Waals surface area contributed by atoms with Crippen molar-refractivity contribution in [2.75, 3.05) is 26.1 Å². The molecule has 0 bridgehead atoms. The molecule has 0 aliphatic carbocycles. The zero-order valence-corrected chi connectivity index (χ0v) is 14.0. The van der Waals surface area contributed by atoms with E-state index in [1.54, 1.807) is 20.4 Å². The van der Waals surface area contributed by atoms with Gasteiger partial charge < -0.3 is 20.1 Å². The number of methoxy groups -OCH3 is 1. The Kier molecular flexibility index (Phi) is 5.85. The van der Waals surface area contributed by atoms with Gasteiger partial charge in [-0.05, 0) is 25.1 Å². The molecule has 0 aliphatic rings. The minimum atomic E-state index is 0.577. The van der Waals surface area contributed by atoms with Crippen LogP contribution in [0.5, 0.6) is 11.5 Å². The molecule has 2 aromatic rings. The molecule has 0 unspecified atom stereocenters. The highest BCUT2D eigenvalue weighted by Crippen LogP contribution is 2.30. The van der Waals surface area contributed by atoms with Crippen molar-refractivity contribution in [3.05, 3.63) is 36.2 Å². The Morgan fingerprint density at radius 1 is 1.30 bits per heavy atom. The second-order valence-electron chi connectivity index (χ2n) is 4.80. The number of rotatable bonds is 6. The lowest BCUT2D eigenvalue weighted by Crippen LogP contribution is -2.30. The number of aromatic nitrogens is 2. The fourth-order valence-corrected chi connectivity index (χ4v) is 2.09. The summed E-state index contributed by atoms with van der Waals surface area (Å²) in [6.45, 7) is 3.14. The number of aryl methyl sites for hydroxylation is 1. The smallest absolute Gasteiger partial charge is 0.195 e. The fraction of sp³-hybridized carbons (Fsp3) is 0.375. The highest BCUT2D eigenvalue weighted by atomic mass is 16.5. The predicted molar refractivity (Wildman–Crippen MR) is 91.2 cm³/mol. The van der Waals surface area contributed by atoms with Gasteiger partial charge in [0, 0.05) is 32.0 Å². The van der Waals surface area contributed by atoms with E-state index in [9.17, 15) is 0 Å². The summed E-state index contributed by atoms with van der Waals surface area (Å²) < 4.78 is 12.7. The summed E-state index contributed by atoms with van der Waals surface area (Å²) in [5.74, 6) is 2.07. The van der Waals surface area contributed by atoms with Crippen LogP contribution in [0.2, 0.25) is 0 Å². The monoisotopic (exact) mass is 317 g/mol. The van der Waals surface area contributed by atoms with E-state index in [-0.39, 0.29) is 0 Å². The molecule has 0 spiro atoms. The van der Waals surface area contributed by atoms with Crippen LogP contribution < -0.4 is 20.1 Å². The zero-order valence-electron chi connectivity index (χ0n) is 14.0. The van der Waals surface area contributed by atoms with Crippen molar-refractivity contribution in [1.82, 2.24) is 15.1 Å². The third kappa shape index (κ3) is 4.38. The number of nitrogens with one attached hydrogen (secondary N) is 2. The molecule has 124 valence electrons. The van der Waals surface area contributed by atoms with Crippen LogP contribution in [-0.2, 0) is 13.6 Å². The first-order valence-corrected chi connectivity index (χ1v) is 7.43. The van der Waals surface area contributed by atoms with Gasteiger partial charge in [0.15, 0.2) is 17.5 Å². The fourth-order valence-electron chi connectivity index (χ4n) is 2.09. The molecule has 7 heteroatoms. The first kappa shape index (κ1) is 16.7. The highest BCUT2D eigenvalue weighted by molar-refractivity contribution is 5.93. The summed E-state index contributed by atoms with van der Waals surface area (Å²) in [6, 6.07) is 7.63. The number of nitrogens with zero attached hydrogens (tertiary/aromatic N) is 3. The minimum Gasteiger partial charge on any atom is -0.493 e. The van der Waals surface area contributed by atoms with Gasteiger partial charge in [0.05, 0.1) is 26.0 Å². The summed E-state index contributed by atoms with van der Waals surface area (Å²) in [5.41, 5.74) is 1.94. The van der Waals surface area contributed by atoms with Gasteiger partial charge in [-0.25, -0.2) is 0 Å². The van der Waals surface area contributed by atoms with Crippen molar-refractivity contribution in [2.24, 2.45) is 12.0 Å². The summed E-state index contributed by atoms with van der Waals surface area (Å²) in [4.78, 5) is 4.22. The summed E-state index contributed by atoms with van der Waals surface area (Å²) >= 11 is 0. The second-order valence-corrected chi connectivity index (χ2v) is 4.80. The summed E-state index contributed by atoms with van der Waals surface area (Å²) in [5, 5.41) is 10.6. The average molecular weight is 317 g/mol. The van der Waals surface area contributed by atoms with Crippen LogP contribution in [0, 0.1) is 0 Å². The van der Waals surface area contributed by atoms with E-state index in [0.29, 0.717) is 30.6 Å². The van der Waals surface area contributed by atoms with Crippen LogP contribution in [0.4, 0.5) is 5.69 Å². The number of ether oxygens (including phenoxy) is 2. The van der Waals surface area contributed by atoms with Gasteiger partial charge in [-0.1, -0.05) is 0 Å². The van der Waals surface area contributed by atoms with E-state index >= 15 is 0 Å². The molecule has 0 fully saturated rings. The molecule has 23 heavy (non-hydrogen) atoms. The van der Waals surface area contributed by atoms with Crippen molar-refractivity contribution >= 4 is 11.6 Å². The maximum Gasteiger partial charge on any atom is 0.195 e. The zero-order chi connectivity index (χ0) is 16.7. The molecule has 1 heterocycles. The van der Waals surface area contributed by atoms with E-state index in [4.69, 9.17) is 9.47 Å². The molecule has 2 rings (SSSR count). The average Bonchev–Trinajstić information content (AvgIpc) is 2.97. The molecule has 0 amide bonds. The molecule has 0 saturated heterocycles. The van der Waals surface area contributed by atoms with Gasteiger partial charge in [0.1, 0.15) is 0 Å². The van der Waals surface area contributed by atoms with Crippen LogP contribution >= 0.6 is 0 Å². The number of benzene rings is 1. The van der Waals surface area contributed by atoms with Crippen LogP contribution in [0.15, 0.2) is 35.5 Å². The van der Waals surface area contributed by atoms with Gasteiger partial charge in [0.2, 0.25) is 0 Å². The highest BCUT2D eigenvalue weighted by Gasteiger charge is 2.07. The standard InChI is InChI=1S/C16H23N5O2/c1-5-23-15-10-12(6-7-14(15)22-4)20-16(17-2)18-11-13-8-9-19-21(13)3/h6-10H,5,11H2,1-4H3,(H2,17,18,20). The van der Waals surface area contributed by atoms with Crippen LogP contribution in [-0.4, -0.2) is 36.5 Å². The second kappa shape index (κ2) is 8.07. The van der Waals surface area contributed by atoms with Crippen molar-refractivity contribution < 1.29 is 9.47 Å². The van der Waals surface area contributed by atoms with E-state index < -0.39 is 0 Å². The molecular formula is C16H23N5O2. The number of aliphatic imine (C=N–C) groups is 1. The quantitative estimate of drug-likeness (QED) is 0.630. The third-order valence-corrected chi connectivity index (χ3v) is 3.31. The summed E-state index contributed by atoms with van der Waals surface area (Å²) in [7, 11) is 5.26. The lowest BCUT2D eigenvalue weighted by atomic mass is 10.2. The number of hydrogen-bond acceptors (Lipinski definition) is 4. The molecule has 0 atom stereocenters. The Morgan fingerprint density at radius 2 is 2.13 bits per heavy atom. The van der Waals surface area contributed by atoms with Gasteiger partial charge >= 0.3 is 0 Å². The Hall–Kier alpha value is -2.70. The Morgan fingerprint density at radius 3 is 2.74 bits per heavy atom. The first-order valence-electron chi connectivity index (χ1n) is 7.43. The van der Waals surface area contributed by atoms with Crippen molar-refractivity contribution in [2.45, 2.75) is 13.5 Å².